The van der Waals surface area contributed by atoms with Gasteiger partial charge in [0.05, 0.1) is 17.2 Å². The molecule has 0 radical (unpaired) electrons. The molecule has 16 nitrogen and oxygen atoms in total. The van der Waals surface area contributed by atoms with Gasteiger partial charge in [0.1, 0.15) is 45.7 Å². The van der Waals surface area contributed by atoms with Crippen LogP contribution >= 0.6 is 35.6 Å². The van der Waals surface area contributed by atoms with Gasteiger partial charge in [-0.3, -0.25) is 19.2 Å². The molecule has 0 atom stereocenters. The van der Waals surface area contributed by atoms with Crippen molar-refractivity contribution in [3.8, 4) is 11.5 Å². The number of aromatic hydroxyl groups is 1. The lowest BCUT2D eigenvalue weighted by Gasteiger charge is -2.31. The Morgan fingerprint density at radius 3 is 1.44 bits per heavy atom. The van der Waals surface area contributed by atoms with Crippen LogP contribution in [-0.4, -0.2) is 95.9 Å². The first kappa shape index (κ1) is 49.5. The van der Waals surface area contributed by atoms with E-state index in [1.54, 1.807) is 55.6 Å². The van der Waals surface area contributed by atoms with Crippen molar-refractivity contribution >= 4 is 104 Å². The van der Waals surface area contributed by atoms with E-state index in [2.05, 4.69) is 69.2 Å². The van der Waals surface area contributed by atoms with Crippen LogP contribution in [0, 0.1) is 11.8 Å². The fourth-order valence-electron chi connectivity index (χ4n) is 8.26. The standard InChI is InChI=1S/C24H27ClN4O4.C23H25ClN4O4.ClH/c1-29(2)16-7-4-14(5-8-16)23(30)28-21-18-10-9-17(32-3)12-19(18)33-22(21)24(31)27-20-11-6-15(25)13-26-20;1-28(2)15-6-3-13(4-7-15)22(30)27-20-17-9-8-16(29)11-18(17)32-21(20)23(31)26-19-10-5-14(24)12-25-19;/h6,9-14,16H,4-5,7-8H2,1-3H3,(H,28,30)(H,26,27,31);5,8-13,15,29H,3-4,6-7H2,1-2H3,(H,27,30)(H,25,26,31);1H. The fraction of sp³-hybridized carbons (Fsp3) is 0.362. The van der Waals surface area contributed by atoms with Gasteiger partial charge in [0.2, 0.25) is 23.3 Å². The number of pyridine rings is 2. The highest BCUT2D eigenvalue weighted by Gasteiger charge is 2.32. The minimum Gasteiger partial charge on any atom is -0.508 e. The summed E-state index contributed by atoms with van der Waals surface area (Å²) in [6.07, 6.45) is 9.83. The second-order valence-electron chi connectivity index (χ2n) is 16.7. The SMILES string of the molecule is CN(C)C1CCC(C(=O)Nc2c(C(=O)Nc3ccc(Cl)cn3)oc3cc(O)ccc23)CC1.COc1ccc2c(NC(=O)C3CCC(N(C)C)CC3)c(C(=O)Nc3ccc(Cl)cn3)oc2c1.Cl. The van der Waals surface area contributed by atoms with E-state index in [1.165, 1.54) is 24.5 Å². The van der Waals surface area contributed by atoms with Crippen LogP contribution in [0.15, 0.2) is 81.9 Å². The number of halogens is 3. The number of nitrogens with zero attached hydrogens (tertiary/aromatic N) is 4. The molecule has 2 aromatic carbocycles. The van der Waals surface area contributed by atoms with Gasteiger partial charge in [0, 0.05) is 59.2 Å². The average Bonchev–Trinajstić information content (AvgIpc) is 3.85. The second-order valence-corrected chi connectivity index (χ2v) is 17.6. The molecular weight excluding hydrogens is 911 g/mol. The number of aromatic nitrogens is 2. The number of hydrogen-bond donors (Lipinski definition) is 5. The number of benzene rings is 2. The summed E-state index contributed by atoms with van der Waals surface area (Å²) in [6, 6.07) is 17.1. The van der Waals surface area contributed by atoms with Crippen LogP contribution in [0.5, 0.6) is 11.5 Å². The summed E-state index contributed by atoms with van der Waals surface area (Å²) in [5.41, 5.74) is 1.37. The topological polar surface area (TPSA) is 204 Å². The van der Waals surface area contributed by atoms with Gasteiger partial charge in [-0.05, 0) is 128 Å². The molecule has 6 aromatic rings. The first-order valence-corrected chi connectivity index (χ1v) is 22.1. The third-order valence-corrected chi connectivity index (χ3v) is 12.5. The number of carbonyl (C=O) groups excluding carboxylic acids is 4. The van der Waals surface area contributed by atoms with Crippen LogP contribution in [0.3, 0.4) is 0 Å². The van der Waals surface area contributed by atoms with Gasteiger partial charge in [0.15, 0.2) is 0 Å². The fourth-order valence-corrected chi connectivity index (χ4v) is 8.49. The number of fused-ring (bicyclic) bond motifs is 2. The number of methoxy groups -OCH3 is 1. The maximum Gasteiger partial charge on any atom is 0.294 e. The molecule has 0 unspecified atom stereocenters. The Bertz CT molecular complexity index is 2660. The first-order valence-electron chi connectivity index (χ1n) is 21.3. The summed E-state index contributed by atoms with van der Waals surface area (Å²) >= 11 is 11.7. The lowest BCUT2D eigenvalue weighted by Crippen LogP contribution is -2.35. The maximum absolute atomic E-state index is 13.1. The average molecular weight is 964 g/mol. The van der Waals surface area contributed by atoms with Crippen molar-refractivity contribution < 1.29 is 37.9 Å². The summed E-state index contributed by atoms with van der Waals surface area (Å²) in [6.45, 7) is 0. The summed E-state index contributed by atoms with van der Waals surface area (Å²) in [7, 11) is 9.79. The van der Waals surface area contributed by atoms with Gasteiger partial charge in [-0.1, -0.05) is 23.2 Å². The molecule has 0 spiro atoms. The van der Waals surface area contributed by atoms with E-state index in [4.69, 9.17) is 36.8 Å². The predicted octanol–water partition coefficient (Wildman–Crippen LogP) is 9.72. The molecule has 19 heteroatoms. The number of anilines is 4. The smallest absolute Gasteiger partial charge is 0.294 e. The molecule has 2 aliphatic rings. The molecule has 5 N–H and O–H groups in total. The van der Waals surface area contributed by atoms with Crippen molar-refractivity contribution in [2.45, 2.75) is 63.5 Å². The normalized spacial score (nSPS) is 18.2. The number of rotatable bonds is 11. The van der Waals surface area contributed by atoms with E-state index in [0.717, 1.165) is 51.4 Å². The van der Waals surface area contributed by atoms with Crippen molar-refractivity contribution in [3.05, 3.63) is 94.6 Å². The number of phenols is 1. The van der Waals surface area contributed by atoms with Gasteiger partial charge < -0.3 is 49.7 Å². The highest BCUT2D eigenvalue weighted by atomic mass is 35.5. The third kappa shape index (κ3) is 11.9. The van der Waals surface area contributed by atoms with E-state index >= 15 is 0 Å². The summed E-state index contributed by atoms with van der Waals surface area (Å²) < 4.78 is 16.9. The first-order chi connectivity index (χ1) is 31.2. The molecule has 0 bridgehead atoms. The van der Waals surface area contributed by atoms with Gasteiger partial charge in [-0.25, -0.2) is 9.97 Å². The lowest BCUT2D eigenvalue weighted by atomic mass is 9.85. The van der Waals surface area contributed by atoms with Crippen LogP contribution in [0.1, 0.15) is 72.5 Å². The minimum atomic E-state index is -0.567. The number of carbonyl (C=O) groups is 4. The van der Waals surface area contributed by atoms with Crippen LogP contribution in [0.2, 0.25) is 10.0 Å². The number of amides is 4. The molecule has 0 aliphatic heterocycles. The van der Waals surface area contributed by atoms with Gasteiger partial charge >= 0.3 is 0 Å². The van der Waals surface area contributed by atoms with Crippen molar-refractivity contribution in [2.75, 3.05) is 56.6 Å². The van der Waals surface area contributed by atoms with Crippen molar-refractivity contribution in [1.82, 2.24) is 19.8 Å². The predicted molar refractivity (Wildman–Crippen MR) is 258 cm³/mol. The molecule has 2 aliphatic carbocycles. The van der Waals surface area contributed by atoms with Gasteiger partial charge in [-0.2, -0.15) is 0 Å². The van der Waals surface area contributed by atoms with Crippen LogP contribution in [0.4, 0.5) is 23.0 Å². The summed E-state index contributed by atoms with van der Waals surface area (Å²) in [4.78, 5) is 64.7. The second kappa shape index (κ2) is 22.1. The Morgan fingerprint density at radius 2 is 1.05 bits per heavy atom. The molecular formula is C47H53Cl3N8O8. The minimum absolute atomic E-state index is 0. The Balaban J connectivity index is 0.000000215. The lowest BCUT2D eigenvalue weighted by molar-refractivity contribution is -0.121. The molecule has 2 fully saturated rings. The Kier molecular flexibility index (Phi) is 16.5. The number of nitrogens with one attached hydrogen (secondary N) is 4. The number of hydrogen-bond acceptors (Lipinski definition) is 12. The zero-order valence-electron chi connectivity index (χ0n) is 37.2. The zero-order chi connectivity index (χ0) is 46.4. The Morgan fingerprint density at radius 1 is 0.621 bits per heavy atom. The van der Waals surface area contributed by atoms with Crippen LogP contribution in [0.25, 0.3) is 21.9 Å². The zero-order valence-corrected chi connectivity index (χ0v) is 39.5. The molecule has 4 heterocycles. The summed E-state index contributed by atoms with van der Waals surface area (Å²) in [5, 5.41) is 23.1. The molecule has 8 rings (SSSR count). The molecule has 4 aromatic heterocycles. The maximum atomic E-state index is 13.1. The van der Waals surface area contributed by atoms with Crippen molar-refractivity contribution in [2.24, 2.45) is 11.8 Å². The molecule has 0 saturated heterocycles. The van der Waals surface area contributed by atoms with E-state index in [-0.39, 0.29) is 59.0 Å². The number of furan rings is 2. The van der Waals surface area contributed by atoms with E-state index < -0.39 is 11.8 Å². The molecule has 2 saturated carbocycles. The quantitative estimate of drug-likeness (QED) is 0.0824. The molecule has 4 amide bonds. The highest BCUT2D eigenvalue weighted by Crippen LogP contribution is 2.37. The number of ether oxygens (including phenoxy) is 1. The van der Waals surface area contributed by atoms with E-state index in [9.17, 15) is 24.3 Å². The largest absolute Gasteiger partial charge is 0.508 e. The van der Waals surface area contributed by atoms with Crippen molar-refractivity contribution in [3.63, 3.8) is 0 Å². The Labute approximate surface area is 398 Å². The van der Waals surface area contributed by atoms with Crippen LogP contribution in [-0.2, 0) is 9.59 Å². The third-order valence-electron chi connectivity index (χ3n) is 12.0. The van der Waals surface area contributed by atoms with Gasteiger partial charge in [0.25, 0.3) is 11.8 Å². The van der Waals surface area contributed by atoms with Gasteiger partial charge in [-0.15, -0.1) is 12.4 Å². The van der Waals surface area contributed by atoms with E-state index in [1.807, 2.05) is 0 Å². The Hall–Kier alpha value is -5.91. The molecule has 66 heavy (non-hydrogen) atoms. The summed E-state index contributed by atoms with van der Waals surface area (Å²) in [5.74, 6) is -0.443. The molecule has 350 valence electrons. The van der Waals surface area contributed by atoms with Crippen molar-refractivity contribution in [1.29, 1.82) is 0 Å². The number of phenolic OH excluding ortho intramolecular Hbond substituents is 1. The monoisotopic (exact) mass is 962 g/mol. The van der Waals surface area contributed by atoms with Crippen LogP contribution < -0.4 is 26.0 Å². The highest BCUT2D eigenvalue weighted by molar-refractivity contribution is 6.30. The van der Waals surface area contributed by atoms with E-state index in [0.29, 0.717) is 67.1 Å².